The molecule has 7 heteroatoms. The van der Waals surface area contributed by atoms with E-state index in [-0.39, 0.29) is 30.3 Å². The van der Waals surface area contributed by atoms with Crippen LogP contribution in [-0.4, -0.2) is 23.9 Å². The Morgan fingerprint density at radius 3 is 2.78 bits per heavy atom. The van der Waals surface area contributed by atoms with Gasteiger partial charge in [0.1, 0.15) is 5.75 Å². The quantitative estimate of drug-likeness (QED) is 0.837. The molecule has 0 spiro atoms. The summed E-state index contributed by atoms with van der Waals surface area (Å²) in [5.74, 6) is -1.27. The summed E-state index contributed by atoms with van der Waals surface area (Å²) in [4.78, 5) is 11.2. The molecule has 102 valence electrons. The zero-order chi connectivity index (χ0) is 13.0. The molecule has 2 atom stereocenters. The fraction of sp³-hybridized carbons (Fsp3) is 0.364. The van der Waals surface area contributed by atoms with Crippen LogP contribution in [0.3, 0.4) is 0 Å². The van der Waals surface area contributed by atoms with E-state index in [0.29, 0.717) is 5.02 Å². The van der Waals surface area contributed by atoms with Crippen LogP contribution in [0.5, 0.6) is 5.75 Å². The number of carbonyl (C=O) groups is 1. The van der Waals surface area contributed by atoms with Crippen molar-refractivity contribution in [3.05, 3.63) is 28.8 Å². The summed E-state index contributed by atoms with van der Waals surface area (Å²) in [5, 5.41) is 9.80. The van der Waals surface area contributed by atoms with Gasteiger partial charge in [0.05, 0.1) is 12.6 Å². The molecule has 0 bridgehead atoms. The normalized spacial score (nSPS) is 13.3. The number of esters is 1. The van der Waals surface area contributed by atoms with Gasteiger partial charge in [-0.2, -0.15) is 0 Å². The van der Waals surface area contributed by atoms with Gasteiger partial charge in [-0.15, -0.1) is 12.4 Å². The van der Waals surface area contributed by atoms with E-state index >= 15 is 0 Å². The maximum atomic E-state index is 13.6. The second-order valence-electron chi connectivity index (χ2n) is 3.38. The molecular weight excluding hydrogens is 284 g/mol. The van der Waals surface area contributed by atoms with E-state index in [2.05, 4.69) is 4.74 Å². The molecule has 4 nitrogen and oxygen atoms in total. The second kappa shape index (κ2) is 7.41. The van der Waals surface area contributed by atoms with E-state index in [9.17, 15) is 14.3 Å². The highest BCUT2D eigenvalue weighted by molar-refractivity contribution is 6.30. The van der Waals surface area contributed by atoms with Crippen LogP contribution in [0.4, 0.5) is 4.39 Å². The summed E-state index contributed by atoms with van der Waals surface area (Å²) < 4.78 is 18.1. The fourth-order valence-electron chi connectivity index (χ4n) is 1.32. The monoisotopic (exact) mass is 297 g/mol. The lowest BCUT2D eigenvalue weighted by molar-refractivity contribution is -0.149. The number of hydrogen-bond acceptors (Lipinski definition) is 4. The second-order valence-corrected chi connectivity index (χ2v) is 3.82. The van der Waals surface area contributed by atoms with Crippen molar-refractivity contribution in [2.24, 2.45) is 5.73 Å². The van der Waals surface area contributed by atoms with E-state index in [1.165, 1.54) is 18.2 Å². The number of nitrogens with two attached hydrogens (primary N) is 1. The topological polar surface area (TPSA) is 72.5 Å². The maximum absolute atomic E-state index is 13.6. The zero-order valence-electron chi connectivity index (χ0n) is 9.60. The molecule has 1 rings (SSSR count). The molecule has 0 saturated heterocycles. The van der Waals surface area contributed by atoms with Crippen molar-refractivity contribution >= 4 is 30.0 Å². The molecule has 0 fully saturated rings. The van der Waals surface area contributed by atoms with Crippen LogP contribution in [0.15, 0.2) is 18.2 Å². The molecule has 0 heterocycles. The molecule has 1 aromatic carbocycles. The van der Waals surface area contributed by atoms with Crippen LogP contribution in [0.1, 0.15) is 18.5 Å². The first-order valence-corrected chi connectivity index (χ1v) is 5.39. The Hall–Kier alpha value is -1.04. The average molecular weight is 298 g/mol. The molecule has 0 aliphatic carbocycles. The molecular formula is C11H14Cl2FNO3. The van der Waals surface area contributed by atoms with E-state index in [1.54, 1.807) is 6.92 Å². The van der Waals surface area contributed by atoms with E-state index in [4.69, 9.17) is 17.3 Å². The highest BCUT2D eigenvalue weighted by Gasteiger charge is 2.29. The van der Waals surface area contributed by atoms with Gasteiger partial charge in [0.2, 0.25) is 6.17 Å². The predicted molar refractivity (Wildman–Crippen MR) is 68.8 cm³/mol. The molecule has 0 aliphatic rings. The average Bonchev–Trinajstić information content (AvgIpc) is 2.30. The predicted octanol–water partition coefficient (Wildman–Crippen LogP) is 2.37. The van der Waals surface area contributed by atoms with Gasteiger partial charge in [-0.05, 0) is 25.1 Å². The van der Waals surface area contributed by atoms with Crippen LogP contribution in [-0.2, 0) is 9.53 Å². The Morgan fingerprint density at radius 2 is 2.22 bits per heavy atom. The largest absolute Gasteiger partial charge is 0.508 e. The van der Waals surface area contributed by atoms with Crippen LogP contribution >= 0.6 is 24.0 Å². The number of halogens is 3. The minimum absolute atomic E-state index is 0. The third-order valence-corrected chi connectivity index (χ3v) is 2.41. The summed E-state index contributed by atoms with van der Waals surface area (Å²) in [5.41, 5.74) is 5.61. The van der Waals surface area contributed by atoms with Gasteiger partial charge >= 0.3 is 5.97 Å². The molecule has 0 saturated carbocycles. The minimum Gasteiger partial charge on any atom is -0.508 e. The first kappa shape index (κ1) is 17.0. The summed E-state index contributed by atoms with van der Waals surface area (Å²) >= 11 is 5.70. The van der Waals surface area contributed by atoms with Crippen molar-refractivity contribution in [2.75, 3.05) is 6.61 Å². The van der Waals surface area contributed by atoms with Gasteiger partial charge in [-0.25, -0.2) is 9.18 Å². The lowest BCUT2D eigenvalue weighted by Crippen LogP contribution is -2.31. The van der Waals surface area contributed by atoms with E-state index < -0.39 is 18.2 Å². The van der Waals surface area contributed by atoms with Crippen LogP contribution in [0.25, 0.3) is 0 Å². The molecule has 0 aliphatic heterocycles. The van der Waals surface area contributed by atoms with Crippen LogP contribution in [0.2, 0.25) is 5.02 Å². The molecule has 18 heavy (non-hydrogen) atoms. The molecule has 0 radical (unpaired) electrons. The third kappa shape index (κ3) is 4.01. The van der Waals surface area contributed by atoms with E-state index in [0.717, 1.165) is 0 Å². The summed E-state index contributed by atoms with van der Waals surface area (Å²) in [6, 6.07) is 2.72. The van der Waals surface area contributed by atoms with Crippen molar-refractivity contribution in [2.45, 2.75) is 19.1 Å². The smallest absolute Gasteiger partial charge is 0.342 e. The van der Waals surface area contributed by atoms with Crippen LogP contribution < -0.4 is 5.73 Å². The Bertz CT molecular complexity index is 417. The maximum Gasteiger partial charge on any atom is 0.342 e. The van der Waals surface area contributed by atoms with Gasteiger partial charge in [-0.3, -0.25) is 0 Å². The lowest BCUT2D eigenvalue weighted by atomic mass is 10.0. The number of rotatable bonds is 4. The summed E-state index contributed by atoms with van der Waals surface area (Å²) in [7, 11) is 0. The first-order valence-electron chi connectivity index (χ1n) is 5.02. The van der Waals surface area contributed by atoms with Gasteiger partial charge < -0.3 is 15.6 Å². The van der Waals surface area contributed by atoms with Crippen LogP contribution in [0, 0.1) is 0 Å². The number of benzene rings is 1. The molecule has 3 N–H and O–H groups in total. The van der Waals surface area contributed by atoms with Gasteiger partial charge in [0, 0.05) is 10.6 Å². The number of hydrogen-bond donors (Lipinski definition) is 2. The highest BCUT2D eigenvalue weighted by Crippen LogP contribution is 2.29. The fourth-order valence-corrected chi connectivity index (χ4v) is 1.50. The van der Waals surface area contributed by atoms with Gasteiger partial charge in [-0.1, -0.05) is 11.6 Å². The molecule has 0 amide bonds. The van der Waals surface area contributed by atoms with Crippen molar-refractivity contribution in [1.29, 1.82) is 0 Å². The third-order valence-electron chi connectivity index (χ3n) is 2.18. The highest BCUT2D eigenvalue weighted by atomic mass is 35.5. The van der Waals surface area contributed by atoms with Gasteiger partial charge in [0.15, 0.2) is 0 Å². The molecule has 0 aromatic heterocycles. The first-order chi connectivity index (χ1) is 7.97. The number of phenols is 1. The Labute approximate surface area is 115 Å². The molecule has 1 aromatic rings. The summed E-state index contributed by atoms with van der Waals surface area (Å²) in [6.07, 6.45) is -2.04. The van der Waals surface area contributed by atoms with Crippen molar-refractivity contribution in [3.63, 3.8) is 0 Å². The Kier molecular flexibility index (Phi) is 6.98. The minimum atomic E-state index is -2.04. The van der Waals surface area contributed by atoms with Crippen molar-refractivity contribution in [1.82, 2.24) is 0 Å². The lowest BCUT2D eigenvalue weighted by Gasteiger charge is -2.17. The van der Waals surface area contributed by atoms with Gasteiger partial charge in [0.25, 0.3) is 0 Å². The standard InChI is InChI=1S/C11H13ClFNO3.ClH/c1-2-17-11(16)9(13)10(14)7-5-6(12)3-4-8(7)15;/h3-5,9-10,15H,2,14H2,1H3;1H/t9?,10-;/m1./s1. The van der Waals surface area contributed by atoms with Crippen molar-refractivity contribution in [3.8, 4) is 5.75 Å². The number of aromatic hydroxyl groups is 1. The number of carbonyl (C=O) groups excluding carboxylic acids is 1. The summed E-state index contributed by atoms with van der Waals surface area (Å²) in [6.45, 7) is 1.63. The molecule has 1 unspecified atom stereocenters. The number of alkyl halides is 1. The SMILES string of the molecule is CCOC(=O)C(F)[C@H](N)c1cc(Cl)ccc1O.Cl. The van der Waals surface area contributed by atoms with Crippen molar-refractivity contribution < 1.29 is 19.0 Å². The number of ether oxygens (including phenoxy) is 1. The number of phenolic OH excluding ortho intramolecular Hbond substituents is 1. The Balaban J connectivity index is 0.00000289. The Morgan fingerprint density at radius 1 is 1.61 bits per heavy atom. The zero-order valence-corrected chi connectivity index (χ0v) is 11.2. The van der Waals surface area contributed by atoms with E-state index in [1.807, 2.05) is 0 Å².